The number of benzene rings is 1. The number of rotatable bonds is 6. The van der Waals surface area contributed by atoms with Gasteiger partial charge in [0.25, 0.3) is 0 Å². The Morgan fingerprint density at radius 3 is 2.73 bits per heavy atom. The van der Waals surface area contributed by atoms with Crippen LogP contribution in [0.15, 0.2) is 43.1 Å². The van der Waals surface area contributed by atoms with Gasteiger partial charge in [0.2, 0.25) is 0 Å². The highest BCUT2D eigenvalue weighted by Crippen LogP contribution is 2.44. The first-order valence-corrected chi connectivity index (χ1v) is 9.86. The van der Waals surface area contributed by atoms with E-state index < -0.39 is 11.6 Å². The Morgan fingerprint density at radius 1 is 1.43 bits per heavy atom. The van der Waals surface area contributed by atoms with Gasteiger partial charge < -0.3 is 15.1 Å². The first-order chi connectivity index (χ1) is 14.1. The third-order valence-corrected chi connectivity index (χ3v) is 5.57. The summed E-state index contributed by atoms with van der Waals surface area (Å²) in [7, 11) is 1.51. The number of allylic oxidation sites excluding steroid dienone is 3. The zero-order valence-electron chi connectivity index (χ0n) is 17.8. The summed E-state index contributed by atoms with van der Waals surface area (Å²) in [6.07, 6.45) is 8.40. The van der Waals surface area contributed by atoms with Crippen LogP contribution in [0.1, 0.15) is 39.7 Å². The maximum atomic E-state index is 12.4. The van der Waals surface area contributed by atoms with Crippen LogP contribution in [0.5, 0.6) is 5.75 Å². The summed E-state index contributed by atoms with van der Waals surface area (Å²) >= 11 is 0. The minimum Gasteiger partial charge on any atom is -0.492 e. The van der Waals surface area contributed by atoms with Crippen molar-refractivity contribution in [1.82, 2.24) is 9.78 Å². The second kappa shape index (κ2) is 8.31. The van der Waals surface area contributed by atoms with E-state index in [2.05, 4.69) is 17.0 Å². The van der Waals surface area contributed by atoms with Crippen molar-refractivity contribution < 1.29 is 24.6 Å². The topological polar surface area (TPSA) is 99.6 Å². The van der Waals surface area contributed by atoms with E-state index in [1.54, 1.807) is 37.3 Å². The largest absolute Gasteiger partial charge is 0.535 e. The highest BCUT2D eigenvalue weighted by molar-refractivity contribution is 5.97. The Kier molecular flexibility index (Phi) is 5.98. The Bertz CT molecular complexity index is 1020. The van der Waals surface area contributed by atoms with Crippen molar-refractivity contribution in [3.05, 3.63) is 43.1 Å². The quantitative estimate of drug-likeness (QED) is 0.167. The number of nitrogens with zero attached hydrogens (tertiary/aromatic N) is 3. The third-order valence-electron chi connectivity index (χ3n) is 5.57. The molecule has 2 amide bonds. The molecule has 1 aliphatic rings. The molecule has 8 nitrogen and oxygen atoms in total. The molecule has 8 heteroatoms. The van der Waals surface area contributed by atoms with Gasteiger partial charge in [0.05, 0.1) is 24.3 Å². The predicted octanol–water partition coefficient (Wildman–Crippen LogP) is 3.90. The molecule has 1 heterocycles. The van der Waals surface area contributed by atoms with Gasteiger partial charge in [-0.2, -0.15) is 15.2 Å². The average molecular weight is 413 g/mol. The smallest absolute Gasteiger partial charge is 0.492 e. The van der Waals surface area contributed by atoms with Crippen molar-refractivity contribution in [2.45, 2.75) is 45.3 Å². The van der Waals surface area contributed by atoms with Crippen LogP contribution in [-0.4, -0.2) is 49.3 Å². The number of fused-ring (bicyclic) bond motifs is 1. The third kappa shape index (κ3) is 4.38. The molecule has 1 aromatic heterocycles. The summed E-state index contributed by atoms with van der Waals surface area (Å²) in [5.41, 5.74) is 0.827. The fourth-order valence-corrected chi connectivity index (χ4v) is 3.51. The standard InChI is InChI=1S/C22H28N4O4/c1-6-7-8-14(2)26(29)21(27)23-19-9-15-13-25(24-18(15)12-20(19)30-5)17-10-16(11-17)22(3,4)28/h6-9,12-13,16-17,28H,1,10-11H2,2-5H3,(H-,23,27,29)/p+1/b8-7-,26-14+. The number of nitrogens with one attached hydrogen (secondary N) is 1. The lowest BCUT2D eigenvalue weighted by Gasteiger charge is -2.42. The van der Waals surface area contributed by atoms with E-state index in [9.17, 15) is 15.1 Å². The number of hydrogen-bond donors (Lipinski definition) is 3. The van der Waals surface area contributed by atoms with Gasteiger partial charge in [0, 0.05) is 24.6 Å². The molecule has 0 atom stereocenters. The molecule has 0 radical (unpaired) electrons. The molecule has 1 aliphatic carbocycles. The fourth-order valence-electron chi connectivity index (χ4n) is 3.51. The summed E-state index contributed by atoms with van der Waals surface area (Å²) in [5, 5.41) is 28.4. The summed E-state index contributed by atoms with van der Waals surface area (Å²) in [6, 6.07) is 3.05. The van der Waals surface area contributed by atoms with Crippen LogP contribution >= 0.6 is 0 Å². The number of hydroxylamine groups is 1. The van der Waals surface area contributed by atoms with E-state index >= 15 is 0 Å². The predicted molar refractivity (Wildman–Crippen MR) is 115 cm³/mol. The van der Waals surface area contributed by atoms with Crippen molar-refractivity contribution >= 4 is 28.3 Å². The number of hydrogen-bond acceptors (Lipinski definition) is 5. The zero-order valence-corrected chi connectivity index (χ0v) is 17.8. The maximum absolute atomic E-state index is 12.4. The number of ether oxygens (including phenoxy) is 1. The highest BCUT2D eigenvalue weighted by atomic mass is 16.5. The van der Waals surface area contributed by atoms with Crippen LogP contribution in [0.25, 0.3) is 10.9 Å². The van der Waals surface area contributed by atoms with Crippen molar-refractivity contribution in [3.8, 4) is 5.75 Å². The number of amides is 2. The van der Waals surface area contributed by atoms with Gasteiger partial charge >= 0.3 is 6.03 Å². The number of carbonyl (C=O) groups is 1. The van der Waals surface area contributed by atoms with Crippen LogP contribution < -0.4 is 10.1 Å². The second-order valence-electron chi connectivity index (χ2n) is 8.17. The van der Waals surface area contributed by atoms with Crippen molar-refractivity contribution in [2.24, 2.45) is 5.92 Å². The molecule has 1 aromatic carbocycles. The Morgan fingerprint density at radius 2 is 2.13 bits per heavy atom. The summed E-state index contributed by atoms with van der Waals surface area (Å²) in [6.45, 7) is 8.83. The van der Waals surface area contributed by atoms with Crippen LogP contribution in [0.4, 0.5) is 10.5 Å². The summed E-state index contributed by atoms with van der Waals surface area (Å²) in [5.74, 6) is 0.695. The van der Waals surface area contributed by atoms with Gasteiger partial charge in [-0.25, -0.2) is 0 Å². The maximum Gasteiger partial charge on any atom is 0.535 e. The number of carbonyl (C=O) groups excluding carboxylic acids is 1. The van der Waals surface area contributed by atoms with E-state index in [-0.39, 0.29) is 12.0 Å². The molecular formula is C22H29N4O4+. The average Bonchev–Trinajstić information content (AvgIpc) is 3.04. The molecule has 3 N–H and O–H groups in total. The van der Waals surface area contributed by atoms with E-state index in [1.807, 2.05) is 24.7 Å². The normalized spacial score (nSPS) is 20.0. The molecule has 0 aliphatic heterocycles. The first-order valence-electron chi connectivity index (χ1n) is 9.86. The number of aromatic nitrogens is 2. The van der Waals surface area contributed by atoms with E-state index in [0.717, 1.165) is 23.7 Å². The van der Waals surface area contributed by atoms with Gasteiger partial charge in [-0.3, -0.25) is 4.68 Å². The van der Waals surface area contributed by atoms with E-state index in [1.165, 1.54) is 7.11 Å². The van der Waals surface area contributed by atoms with Gasteiger partial charge in [-0.05, 0) is 49.5 Å². The molecule has 1 saturated carbocycles. The number of anilines is 1. The lowest BCUT2D eigenvalue weighted by molar-refractivity contribution is -0.696. The molecule has 3 rings (SSSR count). The van der Waals surface area contributed by atoms with Crippen molar-refractivity contribution in [3.63, 3.8) is 0 Å². The molecule has 0 unspecified atom stereocenters. The minimum atomic E-state index is -0.710. The number of methoxy groups -OCH3 is 1. The lowest BCUT2D eigenvalue weighted by atomic mass is 9.71. The Balaban J connectivity index is 1.83. The second-order valence-corrected chi connectivity index (χ2v) is 8.17. The zero-order chi connectivity index (χ0) is 22.1. The summed E-state index contributed by atoms with van der Waals surface area (Å²) < 4.78 is 7.84. The molecule has 160 valence electrons. The first kappa shape index (κ1) is 21.6. The molecule has 0 saturated heterocycles. The number of aliphatic hydroxyl groups is 1. The molecule has 0 bridgehead atoms. The van der Waals surface area contributed by atoms with Crippen molar-refractivity contribution in [1.29, 1.82) is 0 Å². The van der Waals surface area contributed by atoms with Crippen LogP contribution in [0.2, 0.25) is 0 Å². The van der Waals surface area contributed by atoms with Gasteiger partial charge in [0.1, 0.15) is 0 Å². The summed E-state index contributed by atoms with van der Waals surface area (Å²) in [4.78, 5) is 12.4. The SMILES string of the molecule is C=C/C=C\C(C)=[N+](\O)C(=O)Nc1cc2cn(C3CC(C(C)(C)O)C3)nc2cc1OC. The van der Waals surface area contributed by atoms with Gasteiger partial charge in [-0.15, -0.1) is 0 Å². The van der Waals surface area contributed by atoms with Crippen LogP contribution in [0.3, 0.4) is 0 Å². The van der Waals surface area contributed by atoms with Crippen LogP contribution in [-0.2, 0) is 0 Å². The Labute approximate surface area is 175 Å². The molecular weight excluding hydrogens is 384 g/mol. The minimum absolute atomic E-state index is 0.236. The fraction of sp³-hybridized carbons (Fsp3) is 0.409. The van der Waals surface area contributed by atoms with E-state index in [0.29, 0.717) is 21.9 Å². The number of urea groups is 1. The monoisotopic (exact) mass is 413 g/mol. The van der Waals surface area contributed by atoms with E-state index in [4.69, 9.17) is 4.74 Å². The molecule has 30 heavy (non-hydrogen) atoms. The van der Waals surface area contributed by atoms with Crippen molar-refractivity contribution in [2.75, 3.05) is 12.4 Å². The highest BCUT2D eigenvalue weighted by Gasteiger charge is 2.40. The lowest BCUT2D eigenvalue weighted by Crippen LogP contribution is -2.41. The Hall–Kier alpha value is -3.13. The molecule has 2 aromatic rings. The molecule has 0 spiro atoms. The van der Waals surface area contributed by atoms with Gasteiger partial charge in [0.15, 0.2) is 17.1 Å². The van der Waals surface area contributed by atoms with Crippen LogP contribution in [0, 0.1) is 5.92 Å². The van der Waals surface area contributed by atoms with Gasteiger partial charge in [-0.1, -0.05) is 18.7 Å². The molecule has 1 fully saturated rings.